The van der Waals surface area contributed by atoms with Crippen molar-refractivity contribution in [3.63, 3.8) is 0 Å². The number of aliphatic imine (C=N–C) groups is 1. The molecule has 2 unspecified atom stereocenters. The summed E-state index contributed by atoms with van der Waals surface area (Å²) in [5.41, 5.74) is 0.0892. The van der Waals surface area contributed by atoms with Crippen LogP contribution in [0, 0.1) is 5.41 Å². The lowest BCUT2D eigenvalue weighted by Gasteiger charge is -2.59. The molecule has 0 amide bonds. The Hall–Kier alpha value is -0.770. The lowest BCUT2D eigenvalue weighted by molar-refractivity contribution is -0.176. The number of hydrogen-bond donors (Lipinski definition) is 2. The second kappa shape index (κ2) is 5.31. The predicted molar refractivity (Wildman–Crippen MR) is 79.5 cm³/mol. The van der Waals surface area contributed by atoms with E-state index in [1.54, 1.807) is 0 Å². The highest BCUT2D eigenvalue weighted by molar-refractivity contribution is 5.80. The summed E-state index contributed by atoms with van der Waals surface area (Å²) < 4.78 is 5.67. The second-order valence-electron chi connectivity index (χ2n) is 6.76. The number of guanidine groups is 1. The summed E-state index contributed by atoms with van der Waals surface area (Å²) in [7, 11) is 3.66. The summed E-state index contributed by atoms with van der Waals surface area (Å²) >= 11 is 0. The number of hydrogen-bond acceptors (Lipinski definition) is 2. The Labute approximate surface area is 117 Å². The van der Waals surface area contributed by atoms with Crippen molar-refractivity contribution < 1.29 is 4.74 Å². The molecule has 2 saturated carbocycles. The van der Waals surface area contributed by atoms with Gasteiger partial charge in [0.1, 0.15) is 0 Å². The van der Waals surface area contributed by atoms with Crippen molar-refractivity contribution in [3.05, 3.63) is 0 Å². The average Bonchev–Trinajstić information content (AvgIpc) is 2.89. The van der Waals surface area contributed by atoms with Gasteiger partial charge in [-0.05, 0) is 26.2 Å². The number of methoxy groups -OCH3 is 1. The second-order valence-corrected chi connectivity index (χ2v) is 6.76. The van der Waals surface area contributed by atoms with Crippen LogP contribution in [0.15, 0.2) is 4.99 Å². The predicted octanol–water partition coefficient (Wildman–Crippen LogP) is 2.30. The first-order chi connectivity index (χ1) is 8.93. The molecule has 19 heavy (non-hydrogen) atoms. The van der Waals surface area contributed by atoms with Gasteiger partial charge in [0.05, 0.1) is 5.60 Å². The van der Waals surface area contributed by atoms with Gasteiger partial charge >= 0.3 is 0 Å². The van der Waals surface area contributed by atoms with Crippen LogP contribution in [0.1, 0.15) is 52.9 Å². The maximum Gasteiger partial charge on any atom is 0.191 e. The molecule has 110 valence electrons. The Bertz CT molecular complexity index is 347. The van der Waals surface area contributed by atoms with Gasteiger partial charge < -0.3 is 15.4 Å². The molecule has 0 bridgehead atoms. The fourth-order valence-electron chi connectivity index (χ4n) is 3.32. The Kier molecular flexibility index (Phi) is 4.09. The van der Waals surface area contributed by atoms with Crippen molar-refractivity contribution in [1.82, 2.24) is 10.6 Å². The van der Waals surface area contributed by atoms with Crippen LogP contribution >= 0.6 is 0 Å². The van der Waals surface area contributed by atoms with Crippen LogP contribution < -0.4 is 10.6 Å². The first-order valence-electron chi connectivity index (χ1n) is 7.48. The van der Waals surface area contributed by atoms with E-state index < -0.39 is 0 Å². The molecule has 0 heterocycles. The monoisotopic (exact) mass is 267 g/mol. The van der Waals surface area contributed by atoms with E-state index in [9.17, 15) is 0 Å². The normalized spacial score (nSPS) is 35.0. The van der Waals surface area contributed by atoms with E-state index in [1.807, 2.05) is 14.2 Å². The SMILES string of the molecule is CN=C(NC1CCCC1)NC1CC(C)(OC)C1(C)C. The van der Waals surface area contributed by atoms with Gasteiger partial charge in [-0.3, -0.25) is 4.99 Å². The molecule has 2 rings (SSSR count). The first kappa shape index (κ1) is 14.6. The first-order valence-corrected chi connectivity index (χ1v) is 7.48. The van der Waals surface area contributed by atoms with Gasteiger partial charge in [0.15, 0.2) is 5.96 Å². The third kappa shape index (κ3) is 2.60. The van der Waals surface area contributed by atoms with Crippen LogP contribution in [-0.2, 0) is 4.74 Å². The van der Waals surface area contributed by atoms with Crippen LogP contribution in [0.2, 0.25) is 0 Å². The van der Waals surface area contributed by atoms with E-state index in [1.165, 1.54) is 25.7 Å². The third-order valence-corrected chi connectivity index (χ3v) is 5.51. The Morgan fingerprint density at radius 3 is 2.26 bits per heavy atom. The highest BCUT2D eigenvalue weighted by Gasteiger charge is 2.58. The summed E-state index contributed by atoms with van der Waals surface area (Å²) in [4.78, 5) is 4.37. The van der Waals surface area contributed by atoms with Gasteiger partial charge in [-0.2, -0.15) is 0 Å². The topological polar surface area (TPSA) is 45.7 Å². The molecule has 0 spiro atoms. The number of nitrogens with zero attached hydrogens (tertiary/aromatic N) is 1. The molecular formula is C15H29N3O. The maximum absolute atomic E-state index is 5.67. The smallest absolute Gasteiger partial charge is 0.191 e. The van der Waals surface area contributed by atoms with Crippen molar-refractivity contribution in [2.24, 2.45) is 10.4 Å². The zero-order valence-electron chi connectivity index (χ0n) is 13.0. The van der Waals surface area contributed by atoms with E-state index in [2.05, 4.69) is 36.4 Å². The quantitative estimate of drug-likeness (QED) is 0.609. The molecule has 2 fully saturated rings. The molecule has 2 aliphatic carbocycles. The number of ether oxygens (including phenoxy) is 1. The summed E-state index contributed by atoms with van der Waals surface area (Å²) in [6.07, 6.45) is 6.24. The van der Waals surface area contributed by atoms with Gasteiger partial charge in [-0.1, -0.05) is 26.7 Å². The van der Waals surface area contributed by atoms with Gasteiger partial charge in [0, 0.05) is 31.7 Å². The highest BCUT2D eigenvalue weighted by atomic mass is 16.5. The van der Waals surface area contributed by atoms with Gasteiger partial charge in [-0.15, -0.1) is 0 Å². The molecular weight excluding hydrogens is 238 g/mol. The minimum Gasteiger partial charge on any atom is -0.378 e. The Balaban J connectivity index is 1.90. The summed E-state index contributed by atoms with van der Waals surface area (Å²) in [6.45, 7) is 6.72. The summed E-state index contributed by atoms with van der Waals surface area (Å²) in [5, 5.41) is 7.11. The third-order valence-electron chi connectivity index (χ3n) is 5.51. The van der Waals surface area contributed by atoms with E-state index in [4.69, 9.17) is 4.74 Å². The molecule has 2 N–H and O–H groups in total. The molecule has 0 aromatic carbocycles. The maximum atomic E-state index is 5.67. The van der Waals surface area contributed by atoms with E-state index in [0.29, 0.717) is 12.1 Å². The van der Waals surface area contributed by atoms with Crippen molar-refractivity contribution in [2.45, 2.75) is 70.6 Å². The van der Waals surface area contributed by atoms with Crippen molar-refractivity contribution in [2.75, 3.05) is 14.2 Å². The van der Waals surface area contributed by atoms with Gasteiger partial charge in [-0.25, -0.2) is 0 Å². The van der Waals surface area contributed by atoms with Crippen LogP contribution in [-0.4, -0.2) is 37.8 Å². The van der Waals surface area contributed by atoms with Crippen molar-refractivity contribution >= 4 is 5.96 Å². The highest BCUT2D eigenvalue weighted by Crippen LogP contribution is 2.51. The molecule has 2 atom stereocenters. The Morgan fingerprint density at radius 1 is 1.16 bits per heavy atom. The zero-order chi connectivity index (χ0) is 14.1. The van der Waals surface area contributed by atoms with Crippen molar-refractivity contribution in [1.29, 1.82) is 0 Å². The zero-order valence-corrected chi connectivity index (χ0v) is 13.0. The molecule has 2 aliphatic rings. The number of rotatable bonds is 3. The lowest BCUT2D eigenvalue weighted by atomic mass is 9.56. The minimum absolute atomic E-state index is 0.0309. The van der Waals surface area contributed by atoms with Gasteiger partial charge in [0.2, 0.25) is 0 Å². The van der Waals surface area contributed by atoms with E-state index in [0.717, 1.165) is 12.4 Å². The summed E-state index contributed by atoms with van der Waals surface area (Å²) in [5.74, 6) is 0.947. The minimum atomic E-state index is -0.0309. The van der Waals surface area contributed by atoms with Crippen molar-refractivity contribution in [3.8, 4) is 0 Å². The largest absolute Gasteiger partial charge is 0.378 e. The van der Waals surface area contributed by atoms with Crippen LogP contribution in [0.3, 0.4) is 0 Å². The van der Waals surface area contributed by atoms with Crippen LogP contribution in [0.5, 0.6) is 0 Å². The van der Waals surface area contributed by atoms with Gasteiger partial charge in [0.25, 0.3) is 0 Å². The van der Waals surface area contributed by atoms with Crippen LogP contribution in [0.4, 0.5) is 0 Å². The number of nitrogens with one attached hydrogen (secondary N) is 2. The molecule has 0 aromatic heterocycles. The van der Waals surface area contributed by atoms with E-state index >= 15 is 0 Å². The molecule has 4 nitrogen and oxygen atoms in total. The Morgan fingerprint density at radius 2 is 1.79 bits per heavy atom. The molecule has 0 saturated heterocycles. The summed E-state index contributed by atoms with van der Waals surface area (Å²) in [6, 6.07) is 1.02. The molecule has 4 heteroatoms. The average molecular weight is 267 g/mol. The molecule has 0 radical (unpaired) electrons. The lowest BCUT2D eigenvalue weighted by Crippen LogP contribution is -2.69. The van der Waals surface area contributed by atoms with Crippen LogP contribution in [0.25, 0.3) is 0 Å². The van der Waals surface area contributed by atoms with E-state index in [-0.39, 0.29) is 11.0 Å². The fraction of sp³-hybridized carbons (Fsp3) is 0.933. The fourth-order valence-corrected chi connectivity index (χ4v) is 3.32. The standard InChI is InChI=1S/C15H29N3O/c1-14(2)12(10-15(14,3)19-5)18-13(16-4)17-11-8-6-7-9-11/h11-12H,6-10H2,1-5H3,(H2,16,17,18). The molecule has 0 aliphatic heterocycles. The molecule has 0 aromatic rings.